The van der Waals surface area contributed by atoms with Crippen molar-refractivity contribution in [3.8, 4) is 0 Å². The Bertz CT molecular complexity index is 23.2. The van der Waals surface area contributed by atoms with Crippen molar-refractivity contribution in [2.45, 2.75) is 0 Å². The second-order valence-electron chi connectivity index (χ2n) is 0.247. The molecule has 0 spiro atoms. The molecule has 0 radical (unpaired) electrons. The topological polar surface area (TPSA) is 0 Å². The zero-order chi connectivity index (χ0) is 3.58. The van der Waals surface area contributed by atoms with Gasteiger partial charge in [-0.1, -0.05) is 0 Å². The third-order valence-corrected chi connectivity index (χ3v) is 0. The minimum absolute atomic E-state index is 0. The molecule has 6 heteroatoms. The van der Waals surface area contributed by atoms with Gasteiger partial charge in [0.15, 0.2) is 0 Å². The van der Waals surface area contributed by atoms with Gasteiger partial charge >= 0.3 is 47.6 Å². The van der Waals surface area contributed by atoms with E-state index in [1.807, 2.05) is 0 Å². The fraction of sp³-hybridized carbons (Fsp3) is 0. The van der Waals surface area contributed by atoms with Gasteiger partial charge in [0.1, 0.15) is 0 Å². The van der Waals surface area contributed by atoms with Crippen molar-refractivity contribution in [2.75, 3.05) is 0 Å². The first-order valence-corrected chi connectivity index (χ1v) is 5.89. The predicted octanol–water partition coefficient (Wildman–Crippen LogP) is -1.24. The standard InChI is InChI=1S/2Al.3ClH.Li.4H/h;;3*1H;;;;;/q2*+3;;;;+1;4*-1/p-3. The Labute approximate surface area is 82.8 Å². The second-order valence-corrected chi connectivity index (χ2v) is 6.68. The molecular formula is H4Al2Cl3Li. The molecule has 0 rings (SSSR count). The van der Waals surface area contributed by atoms with Gasteiger partial charge in [-0.05, 0) is 0 Å². The molecule has 0 unspecified atom stereocenters. The molecule has 0 aliphatic rings. The SMILES string of the molecule is [Al+3].[Cl][Al]([Cl])[Cl].[H-].[H-].[H-].[H-].[Li+]. The number of halogens is 3. The van der Waals surface area contributed by atoms with Crippen molar-refractivity contribution in [1.29, 1.82) is 0 Å². The maximum Gasteiger partial charge on any atom is 3.00 e. The quantitative estimate of drug-likeness (QED) is 0.400. The molecule has 0 atom stereocenters. The van der Waals surface area contributed by atoms with Crippen LogP contribution in [0.2, 0.25) is 0 Å². The van der Waals surface area contributed by atoms with Crippen molar-refractivity contribution in [1.82, 2.24) is 0 Å². The number of hydrogen-bond donors (Lipinski definition) is 0. The van der Waals surface area contributed by atoms with Crippen molar-refractivity contribution in [3.63, 3.8) is 0 Å². The van der Waals surface area contributed by atoms with E-state index in [-0.39, 0.29) is 41.9 Å². The second kappa shape index (κ2) is 10.5. The van der Waals surface area contributed by atoms with E-state index in [1.165, 1.54) is 0 Å². The summed E-state index contributed by atoms with van der Waals surface area (Å²) in [7, 11) is 14.8. The summed E-state index contributed by atoms with van der Waals surface area (Å²) in [5.41, 5.74) is 0. The Kier molecular flexibility index (Phi) is 27.7. The van der Waals surface area contributed by atoms with Gasteiger partial charge in [0.05, 0.1) is 0 Å². The number of rotatable bonds is 0. The molecule has 0 nitrogen and oxygen atoms in total. The Hall–Kier alpha value is 2.53. The van der Waals surface area contributed by atoms with Gasteiger partial charge in [-0.25, -0.2) is 30.1 Å². The fourth-order valence-corrected chi connectivity index (χ4v) is 0. The summed E-state index contributed by atoms with van der Waals surface area (Å²) in [5, 5.41) is 0. The molecule has 0 aliphatic carbocycles. The Balaban J connectivity index is -0.00000000300. The summed E-state index contributed by atoms with van der Waals surface area (Å²) in [5.74, 6) is 0. The zero-order valence-electron chi connectivity index (χ0n) is 7.29. The van der Waals surface area contributed by atoms with Gasteiger partial charge in [-0.15, -0.1) is 0 Å². The molecule has 0 aromatic carbocycles. The molecule has 0 aromatic rings. The van der Waals surface area contributed by atoms with Crippen LogP contribution in [0.3, 0.4) is 0 Å². The summed E-state index contributed by atoms with van der Waals surface area (Å²) < 4.78 is 0. The van der Waals surface area contributed by atoms with E-state index in [0.717, 1.165) is 0 Å². The van der Waals surface area contributed by atoms with Gasteiger partial charge < -0.3 is 5.71 Å². The van der Waals surface area contributed by atoms with Crippen LogP contribution in [0.4, 0.5) is 0 Å². The summed E-state index contributed by atoms with van der Waals surface area (Å²) in [6.45, 7) is 0. The van der Waals surface area contributed by atoms with E-state index >= 15 is 0 Å². The normalized spacial score (nSPS) is 4.50. The number of hydrogen-bond acceptors (Lipinski definition) is 0. The van der Waals surface area contributed by atoms with Crippen LogP contribution in [-0.4, -0.2) is 28.7 Å². The van der Waals surface area contributed by atoms with Crippen LogP contribution in [-0.2, 0) is 0 Å². The molecule has 0 fully saturated rings. The van der Waals surface area contributed by atoms with Gasteiger partial charge in [0.2, 0.25) is 0 Å². The van der Waals surface area contributed by atoms with Crippen LogP contribution in [0.25, 0.3) is 0 Å². The van der Waals surface area contributed by atoms with Gasteiger partial charge in [-0.2, -0.15) is 0 Å². The van der Waals surface area contributed by atoms with Crippen LogP contribution in [0.5, 0.6) is 0 Å². The molecular weight excluding hydrogens is 167 g/mol. The van der Waals surface area contributed by atoms with E-state index < -0.39 is 11.4 Å². The third-order valence-electron chi connectivity index (χ3n) is 0. The van der Waals surface area contributed by atoms with Crippen LogP contribution in [0.15, 0.2) is 0 Å². The van der Waals surface area contributed by atoms with E-state index in [1.54, 1.807) is 0 Å². The van der Waals surface area contributed by atoms with Crippen molar-refractivity contribution in [3.05, 3.63) is 0 Å². The first-order chi connectivity index (χ1) is 1.73. The van der Waals surface area contributed by atoms with Crippen LogP contribution >= 0.6 is 30.1 Å². The van der Waals surface area contributed by atoms with Crippen molar-refractivity contribution >= 4 is 58.9 Å². The molecule has 0 saturated heterocycles. The first-order valence-electron chi connectivity index (χ1n) is 0.655. The Morgan fingerprint density at radius 3 is 1.17 bits per heavy atom. The van der Waals surface area contributed by atoms with Gasteiger partial charge in [0.25, 0.3) is 0 Å². The Morgan fingerprint density at radius 2 is 1.17 bits per heavy atom. The molecule has 0 aliphatic heterocycles. The molecule has 32 valence electrons. The third kappa shape index (κ3) is 31.2. The maximum atomic E-state index is 4.94. The van der Waals surface area contributed by atoms with E-state index in [2.05, 4.69) is 0 Å². The molecule has 0 amide bonds. The van der Waals surface area contributed by atoms with Crippen LogP contribution in [0, 0.1) is 0 Å². The molecule has 6 heavy (non-hydrogen) atoms. The summed E-state index contributed by atoms with van der Waals surface area (Å²) in [6.07, 6.45) is 0. The predicted molar refractivity (Wildman–Crippen MR) is 33.5 cm³/mol. The summed E-state index contributed by atoms with van der Waals surface area (Å²) in [4.78, 5) is 0. The maximum absolute atomic E-state index is 4.94. The monoisotopic (exact) mass is 170 g/mol. The molecule has 0 N–H and O–H groups in total. The van der Waals surface area contributed by atoms with E-state index in [4.69, 9.17) is 30.1 Å². The summed E-state index contributed by atoms with van der Waals surface area (Å²) in [6, 6.07) is 0. The van der Waals surface area contributed by atoms with Crippen molar-refractivity contribution < 1.29 is 24.6 Å². The van der Waals surface area contributed by atoms with Crippen LogP contribution < -0.4 is 18.9 Å². The van der Waals surface area contributed by atoms with E-state index in [0.29, 0.717) is 0 Å². The molecule has 0 saturated carbocycles. The zero-order valence-corrected chi connectivity index (χ0v) is 7.87. The molecule has 0 heterocycles. The van der Waals surface area contributed by atoms with Gasteiger partial charge in [-0.3, -0.25) is 0 Å². The van der Waals surface area contributed by atoms with Crippen LogP contribution in [0.1, 0.15) is 5.71 Å². The Morgan fingerprint density at radius 1 is 1.17 bits per heavy atom. The smallest absolute Gasteiger partial charge is 1.00 e. The fourth-order valence-electron chi connectivity index (χ4n) is 0. The minimum Gasteiger partial charge on any atom is -1.00 e. The summed E-state index contributed by atoms with van der Waals surface area (Å²) >= 11 is -1.72. The minimum atomic E-state index is -1.72. The first kappa shape index (κ1) is 15.8. The van der Waals surface area contributed by atoms with E-state index in [9.17, 15) is 0 Å². The average Bonchev–Trinajstić information content (AvgIpc) is 0.811. The molecule has 0 bridgehead atoms. The average molecular weight is 171 g/mol. The van der Waals surface area contributed by atoms with Gasteiger partial charge in [0, 0.05) is 0 Å². The largest absolute Gasteiger partial charge is 3.00 e. The molecule has 0 aromatic heterocycles. The van der Waals surface area contributed by atoms with Crippen molar-refractivity contribution in [2.24, 2.45) is 0 Å².